The zero-order valence-electron chi connectivity index (χ0n) is 16.8. The topological polar surface area (TPSA) is 130 Å². The fourth-order valence-corrected chi connectivity index (χ4v) is 3.86. The van der Waals surface area contributed by atoms with Gasteiger partial charge in [-0.25, -0.2) is 4.79 Å². The van der Waals surface area contributed by atoms with E-state index in [1.165, 1.54) is 0 Å². The van der Waals surface area contributed by atoms with Crippen molar-refractivity contribution in [2.75, 3.05) is 23.3 Å². The first kappa shape index (κ1) is 20.4. The monoisotopic (exact) mass is 421 g/mol. The van der Waals surface area contributed by atoms with E-state index in [2.05, 4.69) is 15.2 Å². The van der Waals surface area contributed by atoms with Crippen molar-refractivity contribution in [3.63, 3.8) is 0 Å². The van der Waals surface area contributed by atoms with Crippen molar-refractivity contribution < 1.29 is 9.59 Å². The normalized spacial score (nSPS) is 14.5. The van der Waals surface area contributed by atoms with Crippen LogP contribution in [-0.2, 0) is 16.1 Å². The lowest BCUT2D eigenvalue weighted by molar-refractivity contribution is -0.122. The van der Waals surface area contributed by atoms with Crippen LogP contribution in [0.4, 0.5) is 11.4 Å². The van der Waals surface area contributed by atoms with Gasteiger partial charge >= 0.3 is 5.69 Å². The van der Waals surface area contributed by atoms with Gasteiger partial charge in [0.25, 0.3) is 5.56 Å². The second-order valence-corrected chi connectivity index (χ2v) is 7.63. The number of H-pyrrole nitrogens is 1. The molecule has 1 aliphatic heterocycles. The number of primary amides is 1. The Labute approximate surface area is 177 Å². The van der Waals surface area contributed by atoms with Crippen LogP contribution in [0.1, 0.15) is 12.8 Å². The minimum Gasteiger partial charge on any atom is -0.371 e. The standard InChI is InChI=1S/C22H23N5O4/c23-20(29)14-9-11-26(12-10-14)16-7-5-15(6-8-16)24-19(28)13-27-21(30)17-3-1-2-4-18(17)25-22(27)31/h1-8,14H,9-13H2,(H2,23,29)(H,24,28)(H,25,31). The number of para-hydroxylation sites is 1. The van der Waals surface area contributed by atoms with Gasteiger partial charge in [0.15, 0.2) is 0 Å². The third-order valence-electron chi connectivity index (χ3n) is 5.60. The molecule has 0 saturated carbocycles. The van der Waals surface area contributed by atoms with E-state index in [1.807, 2.05) is 12.1 Å². The Bertz CT molecular complexity index is 1240. The van der Waals surface area contributed by atoms with E-state index in [1.54, 1.807) is 36.4 Å². The average Bonchev–Trinajstić information content (AvgIpc) is 2.77. The zero-order valence-corrected chi connectivity index (χ0v) is 16.8. The van der Waals surface area contributed by atoms with Crippen LogP contribution in [0, 0.1) is 5.92 Å². The number of rotatable bonds is 5. The molecule has 9 nitrogen and oxygen atoms in total. The number of carbonyl (C=O) groups is 2. The molecule has 1 saturated heterocycles. The van der Waals surface area contributed by atoms with Gasteiger partial charge in [-0.05, 0) is 49.2 Å². The van der Waals surface area contributed by atoms with Gasteiger partial charge < -0.3 is 20.9 Å². The number of nitrogens with one attached hydrogen (secondary N) is 2. The van der Waals surface area contributed by atoms with E-state index in [0.29, 0.717) is 16.6 Å². The number of nitrogens with two attached hydrogens (primary N) is 1. The van der Waals surface area contributed by atoms with Crippen LogP contribution in [0.2, 0.25) is 0 Å². The molecule has 0 unspecified atom stereocenters. The van der Waals surface area contributed by atoms with Gasteiger partial charge in [0.1, 0.15) is 6.54 Å². The molecule has 2 amide bonds. The van der Waals surface area contributed by atoms with E-state index >= 15 is 0 Å². The van der Waals surface area contributed by atoms with Gasteiger partial charge in [-0.15, -0.1) is 0 Å². The maximum Gasteiger partial charge on any atom is 0.329 e. The van der Waals surface area contributed by atoms with Crippen molar-refractivity contribution in [1.29, 1.82) is 0 Å². The summed E-state index contributed by atoms with van der Waals surface area (Å²) in [6.45, 7) is 1.10. The molecule has 1 aromatic heterocycles. The molecule has 0 spiro atoms. The third-order valence-corrected chi connectivity index (χ3v) is 5.60. The highest BCUT2D eigenvalue weighted by Gasteiger charge is 2.23. The fraction of sp³-hybridized carbons (Fsp3) is 0.273. The van der Waals surface area contributed by atoms with Crippen molar-refractivity contribution in [2.45, 2.75) is 19.4 Å². The van der Waals surface area contributed by atoms with Crippen LogP contribution in [0.15, 0.2) is 58.1 Å². The van der Waals surface area contributed by atoms with Crippen molar-refractivity contribution in [3.8, 4) is 0 Å². The van der Waals surface area contributed by atoms with E-state index in [4.69, 9.17) is 5.73 Å². The maximum absolute atomic E-state index is 12.6. The molecule has 9 heteroatoms. The van der Waals surface area contributed by atoms with Gasteiger partial charge in [0.05, 0.1) is 10.9 Å². The first-order valence-electron chi connectivity index (χ1n) is 10.1. The van der Waals surface area contributed by atoms with Crippen molar-refractivity contribution in [3.05, 3.63) is 69.4 Å². The number of hydrogen-bond donors (Lipinski definition) is 3. The van der Waals surface area contributed by atoms with E-state index in [-0.39, 0.29) is 18.4 Å². The molecule has 2 heterocycles. The van der Waals surface area contributed by atoms with Crippen molar-refractivity contribution in [1.82, 2.24) is 9.55 Å². The van der Waals surface area contributed by atoms with Gasteiger partial charge in [0.2, 0.25) is 11.8 Å². The molecule has 31 heavy (non-hydrogen) atoms. The van der Waals surface area contributed by atoms with Crippen LogP contribution in [0.5, 0.6) is 0 Å². The molecular formula is C22H23N5O4. The number of benzene rings is 2. The molecule has 4 rings (SSSR count). The smallest absolute Gasteiger partial charge is 0.329 e. The van der Waals surface area contributed by atoms with Gasteiger partial charge in [-0.1, -0.05) is 12.1 Å². The van der Waals surface area contributed by atoms with Crippen molar-refractivity contribution in [2.24, 2.45) is 11.7 Å². The lowest BCUT2D eigenvalue weighted by Gasteiger charge is -2.32. The molecule has 1 fully saturated rings. The Kier molecular flexibility index (Phi) is 5.57. The number of aromatic nitrogens is 2. The molecular weight excluding hydrogens is 398 g/mol. The molecule has 2 aromatic carbocycles. The van der Waals surface area contributed by atoms with E-state index in [9.17, 15) is 19.2 Å². The molecule has 3 aromatic rings. The highest BCUT2D eigenvalue weighted by molar-refractivity contribution is 5.91. The van der Waals surface area contributed by atoms with Crippen LogP contribution < -0.4 is 27.2 Å². The Balaban J connectivity index is 1.42. The molecule has 0 aliphatic carbocycles. The number of anilines is 2. The highest BCUT2D eigenvalue weighted by Crippen LogP contribution is 2.24. The van der Waals surface area contributed by atoms with Crippen LogP contribution in [0.3, 0.4) is 0 Å². The summed E-state index contributed by atoms with van der Waals surface area (Å²) in [6.07, 6.45) is 1.45. The Morgan fingerprint density at radius 3 is 2.39 bits per heavy atom. The highest BCUT2D eigenvalue weighted by atomic mass is 16.2. The van der Waals surface area contributed by atoms with Gasteiger partial charge in [-0.3, -0.25) is 19.0 Å². The summed E-state index contributed by atoms with van der Waals surface area (Å²) < 4.78 is 0.884. The lowest BCUT2D eigenvalue weighted by Crippen LogP contribution is -2.38. The fourth-order valence-electron chi connectivity index (χ4n) is 3.86. The summed E-state index contributed by atoms with van der Waals surface area (Å²) in [5.41, 5.74) is 6.22. The summed E-state index contributed by atoms with van der Waals surface area (Å²) in [7, 11) is 0. The molecule has 1 aliphatic rings. The summed E-state index contributed by atoms with van der Waals surface area (Å²) in [5, 5.41) is 3.06. The average molecular weight is 421 g/mol. The predicted octanol–water partition coefficient (Wildman–Crippen LogP) is 1.03. The maximum atomic E-state index is 12.6. The summed E-state index contributed by atoms with van der Waals surface area (Å²) >= 11 is 0. The lowest BCUT2D eigenvalue weighted by atomic mass is 9.96. The number of piperidine rings is 1. The number of aromatic amines is 1. The third kappa shape index (κ3) is 4.35. The number of nitrogens with zero attached hydrogens (tertiary/aromatic N) is 2. The van der Waals surface area contributed by atoms with Crippen LogP contribution in [0.25, 0.3) is 10.9 Å². The predicted molar refractivity (Wildman–Crippen MR) is 118 cm³/mol. The quantitative estimate of drug-likeness (QED) is 0.566. The second-order valence-electron chi connectivity index (χ2n) is 7.63. The summed E-state index contributed by atoms with van der Waals surface area (Å²) in [4.78, 5) is 53.3. The molecule has 0 bridgehead atoms. The van der Waals surface area contributed by atoms with Crippen LogP contribution in [-0.4, -0.2) is 34.5 Å². The SMILES string of the molecule is NC(=O)C1CCN(c2ccc(NC(=O)Cn3c(=O)[nH]c4ccccc4c3=O)cc2)CC1. The number of hydrogen-bond acceptors (Lipinski definition) is 5. The second kappa shape index (κ2) is 8.47. The van der Waals surface area contributed by atoms with E-state index in [0.717, 1.165) is 36.2 Å². The number of carbonyl (C=O) groups excluding carboxylic acids is 2. The first-order valence-corrected chi connectivity index (χ1v) is 10.1. The summed E-state index contributed by atoms with van der Waals surface area (Å²) in [6, 6.07) is 14.0. The minimum atomic E-state index is -0.631. The van der Waals surface area contributed by atoms with Crippen LogP contribution >= 0.6 is 0 Å². The molecule has 0 radical (unpaired) electrons. The Morgan fingerprint density at radius 2 is 1.71 bits per heavy atom. The number of amides is 2. The Hall–Kier alpha value is -3.88. The number of fused-ring (bicyclic) bond motifs is 1. The van der Waals surface area contributed by atoms with E-state index < -0.39 is 17.2 Å². The molecule has 0 atom stereocenters. The first-order chi connectivity index (χ1) is 14.9. The zero-order chi connectivity index (χ0) is 22.0. The Morgan fingerprint density at radius 1 is 1.03 bits per heavy atom. The van der Waals surface area contributed by atoms with Gasteiger partial charge in [-0.2, -0.15) is 0 Å². The summed E-state index contributed by atoms with van der Waals surface area (Å²) in [5.74, 6) is -0.795. The molecule has 4 N–H and O–H groups in total. The largest absolute Gasteiger partial charge is 0.371 e. The minimum absolute atomic E-state index is 0.0727. The van der Waals surface area contributed by atoms with Crippen molar-refractivity contribution >= 4 is 34.1 Å². The van der Waals surface area contributed by atoms with Gasteiger partial charge in [0, 0.05) is 30.4 Å². The molecule has 160 valence electrons.